The third kappa shape index (κ3) is 5.20. The van der Waals surface area contributed by atoms with E-state index in [9.17, 15) is 4.79 Å². The molecule has 1 N–H and O–H groups in total. The van der Waals surface area contributed by atoms with Crippen molar-refractivity contribution < 1.29 is 9.21 Å². The standard InChI is InChI=1S/C23H30ClN3O2/c1-16-21(26-23(29-16)17-9-11-19(24)12-10-17)15-27-13-5-6-18(14-27)22(28)25-20-7-3-2-4-8-20/h9-12,18,20H,2-8,13-15H2,1H3,(H,25,28)/t18-/m0/s1. The molecule has 2 aliphatic rings. The second-order valence-electron chi connectivity index (χ2n) is 8.45. The van der Waals surface area contributed by atoms with Gasteiger partial charge in [-0.25, -0.2) is 4.98 Å². The summed E-state index contributed by atoms with van der Waals surface area (Å²) in [6, 6.07) is 7.91. The SMILES string of the molecule is Cc1oc(-c2ccc(Cl)cc2)nc1CN1CCC[C@H](C(=O)NC2CCCCC2)C1. The first-order valence-corrected chi connectivity index (χ1v) is 11.2. The smallest absolute Gasteiger partial charge is 0.226 e. The highest BCUT2D eigenvalue weighted by atomic mass is 35.5. The molecule has 2 fully saturated rings. The first-order valence-electron chi connectivity index (χ1n) is 10.8. The number of aryl methyl sites for hydroxylation is 1. The van der Waals surface area contributed by atoms with E-state index in [-0.39, 0.29) is 11.8 Å². The second-order valence-corrected chi connectivity index (χ2v) is 8.88. The third-order valence-corrected chi connectivity index (χ3v) is 6.44. The Balaban J connectivity index is 1.36. The summed E-state index contributed by atoms with van der Waals surface area (Å²) in [4.78, 5) is 19.8. The molecule has 6 heteroatoms. The fourth-order valence-corrected chi connectivity index (χ4v) is 4.61. The highest BCUT2D eigenvalue weighted by Crippen LogP contribution is 2.26. The van der Waals surface area contributed by atoms with Crippen molar-refractivity contribution in [2.75, 3.05) is 13.1 Å². The molecule has 0 radical (unpaired) electrons. The number of hydrogen-bond donors (Lipinski definition) is 1. The molecule has 1 amide bonds. The monoisotopic (exact) mass is 415 g/mol. The number of halogens is 1. The number of piperidine rings is 1. The van der Waals surface area contributed by atoms with Gasteiger partial charge in [0, 0.05) is 29.7 Å². The lowest BCUT2D eigenvalue weighted by Crippen LogP contribution is -2.46. The van der Waals surface area contributed by atoms with Crippen molar-refractivity contribution in [2.24, 2.45) is 5.92 Å². The van der Waals surface area contributed by atoms with Crippen molar-refractivity contribution in [3.8, 4) is 11.5 Å². The maximum atomic E-state index is 12.8. The van der Waals surface area contributed by atoms with E-state index in [1.807, 2.05) is 31.2 Å². The summed E-state index contributed by atoms with van der Waals surface area (Å²) in [5, 5.41) is 4.00. The second kappa shape index (κ2) is 9.31. The summed E-state index contributed by atoms with van der Waals surface area (Å²) >= 11 is 5.97. The molecule has 1 atom stereocenters. The van der Waals surface area contributed by atoms with E-state index >= 15 is 0 Å². The Hall–Kier alpha value is -1.85. The number of oxazole rings is 1. The van der Waals surface area contributed by atoms with Crippen molar-refractivity contribution in [1.82, 2.24) is 15.2 Å². The largest absolute Gasteiger partial charge is 0.441 e. The number of nitrogens with zero attached hydrogens (tertiary/aromatic N) is 2. The van der Waals surface area contributed by atoms with E-state index in [1.165, 1.54) is 19.3 Å². The topological polar surface area (TPSA) is 58.4 Å². The summed E-state index contributed by atoms with van der Waals surface area (Å²) in [5.74, 6) is 1.77. The van der Waals surface area contributed by atoms with Gasteiger partial charge in [0.25, 0.3) is 0 Å². The summed E-state index contributed by atoms with van der Waals surface area (Å²) in [6.45, 7) is 4.46. The van der Waals surface area contributed by atoms with Gasteiger partial charge in [-0.2, -0.15) is 0 Å². The van der Waals surface area contributed by atoms with Gasteiger partial charge < -0.3 is 9.73 Å². The highest BCUT2D eigenvalue weighted by Gasteiger charge is 2.28. The van der Waals surface area contributed by atoms with Crippen LogP contribution in [0.4, 0.5) is 0 Å². The van der Waals surface area contributed by atoms with Crippen LogP contribution in [0.3, 0.4) is 0 Å². The van der Waals surface area contributed by atoms with Crippen LogP contribution in [0.15, 0.2) is 28.7 Å². The van der Waals surface area contributed by atoms with Crippen LogP contribution in [0.1, 0.15) is 56.4 Å². The fraction of sp³-hybridized carbons (Fsp3) is 0.565. The van der Waals surface area contributed by atoms with Gasteiger partial charge in [0.15, 0.2) is 0 Å². The van der Waals surface area contributed by atoms with Gasteiger partial charge in [0.2, 0.25) is 11.8 Å². The van der Waals surface area contributed by atoms with E-state index in [4.69, 9.17) is 21.0 Å². The summed E-state index contributed by atoms with van der Waals surface area (Å²) in [6.07, 6.45) is 8.07. The molecule has 4 rings (SSSR count). The molecule has 1 aliphatic heterocycles. The van der Waals surface area contributed by atoms with Gasteiger partial charge >= 0.3 is 0 Å². The van der Waals surface area contributed by atoms with Crippen LogP contribution >= 0.6 is 11.6 Å². The van der Waals surface area contributed by atoms with Gasteiger partial charge in [-0.1, -0.05) is 30.9 Å². The van der Waals surface area contributed by atoms with Crippen LogP contribution in [-0.2, 0) is 11.3 Å². The lowest BCUT2D eigenvalue weighted by Gasteiger charge is -2.33. The zero-order valence-electron chi connectivity index (χ0n) is 17.1. The van der Waals surface area contributed by atoms with Crippen molar-refractivity contribution in [3.63, 3.8) is 0 Å². The maximum absolute atomic E-state index is 12.8. The van der Waals surface area contributed by atoms with Crippen LogP contribution < -0.4 is 5.32 Å². The van der Waals surface area contributed by atoms with E-state index in [1.54, 1.807) is 0 Å². The summed E-state index contributed by atoms with van der Waals surface area (Å²) in [5.41, 5.74) is 1.87. The minimum absolute atomic E-state index is 0.0774. The minimum Gasteiger partial charge on any atom is -0.441 e. The number of amides is 1. The number of aromatic nitrogens is 1. The Morgan fingerprint density at radius 1 is 1.17 bits per heavy atom. The number of carbonyl (C=O) groups is 1. The highest BCUT2D eigenvalue weighted by molar-refractivity contribution is 6.30. The fourth-order valence-electron chi connectivity index (χ4n) is 4.48. The molecule has 1 aromatic carbocycles. The van der Waals surface area contributed by atoms with Crippen LogP contribution in [0.2, 0.25) is 5.02 Å². The average Bonchev–Trinajstić information content (AvgIpc) is 3.10. The van der Waals surface area contributed by atoms with E-state index in [0.29, 0.717) is 17.0 Å². The Bertz CT molecular complexity index is 827. The Labute approximate surface area is 177 Å². The molecule has 156 valence electrons. The average molecular weight is 416 g/mol. The van der Waals surface area contributed by atoms with Gasteiger partial charge in [0.1, 0.15) is 5.76 Å². The number of benzene rings is 1. The Morgan fingerprint density at radius 2 is 1.93 bits per heavy atom. The van der Waals surface area contributed by atoms with E-state index < -0.39 is 0 Å². The van der Waals surface area contributed by atoms with Crippen LogP contribution in [-0.4, -0.2) is 34.9 Å². The number of nitrogens with one attached hydrogen (secondary N) is 1. The lowest BCUT2D eigenvalue weighted by atomic mass is 9.93. The lowest BCUT2D eigenvalue weighted by molar-refractivity contribution is -0.127. The predicted molar refractivity (Wildman–Crippen MR) is 115 cm³/mol. The molecule has 0 unspecified atom stereocenters. The van der Waals surface area contributed by atoms with E-state index in [2.05, 4.69) is 10.2 Å². The summed E-state index contributed by atoms with van der Waals surface area (Å²) < 4.78 is 5.90. The Morgan fingerprint density at radius 3 is 2.69 bits per heavy atom. The first kappa shape index (κ1) is 20.4. The Kier molecular flexibility index (Phi) is 6.56. The molecule has 0 spiro atoms. The molecule has 2 aromatic rings. The number of carbonyl (C=O) groups excluding carboxylic acids is 1. The van der Waals surface area contributed by atoms with Gasteiger partial charge in [-0.05, 0) is 63.4 Å². The van der Waals surface area contributed by atoms with Crippen molar-refractivity contribution >= 4 is 17.5 Å². The van der Waals surface area contributed by atoms with E-state index in [0.717, 1.165) is 62.3 Å². The molecule has 2 heterocycles. The van der Waals surface area contributed by atoms with Gasteiger partial charge in [-0.3, -0.25) is 9.69 Å². The summed E-state index contributed by atoms with van der Waals surface area (Å²) in [7, 11) is 0. The zero-order chi connectivity index (χ0) is 20.2. The molecule has 29 heavy (non-hydrogen) atoms. The molecule has 1 aromatic heterocycles. The normalized spacial score (nSPS) is 21.2. The van der Waals surface area contributed by atoms with Gasteiger partial charge in [0.05, 0.1) is 11.6 Å². The van der Waals surface area contributed by atoms with Crippen LogP contribution in [0, 0.1) is 12.8 Å². The maximum Gasteiger partial charge on any atom is 0.226 e. The predicted octanol–water partition coefficient (Wildman–Crippen LogP) is 4.96. The molecule has 1 saturated carbocycles. The number of likely N-dealkylation sites (tertiary alicyclic amines) is 1. The molecule has 5 nitrogen and oxygen atoms in total. The van der Waals surface area contributed by atoms with Crippen molar-refractivity contribution in [1.29, 1.82) is 0 Å². The molecule has 0 bridgehead atoms. The quantitative estimate of drug-likeness (QED) is 0.749. The van der Waals surface area contributed by atoms with Crippen LogP contribution in [0.5, 0.6) is 0 Å². The van der Waals surface area contributed by atoms with Crippen molar-refractivity contribution in [2.45, 2.75) is 64.5 Å². The van der Waals surface area contributed by atoms with Gasteiger partial charge in [-0.15, -0.1) is 0 Å². The van der Waals surface area contributed by atoms with Crippen molar-refractivity contribution in [3.05, 3.63) is 40.7 Å². The third-order valence-electron chi connectivity index (χ3n) is 6.19. The van der Waals surface area contributed by atoms with Crippen LogP contribution in [0.25, 0.3) is 11.5 Å². The molecule has 1 aliphatic carbocycles. The first-order chi connectivity index (χ1) is 14.1. The number of rotatable bonds is 5. The molecular formula is C23H30ClN3O2. The minimum atomic E-state index is 0.0774. The zero-order valence-corrected chi connectivity index (χ0v) is 17.9. The molecule has 1 saturated heterocycles. The molecular weight excluding hydrogens is 386 g/mol. The number of hydrogen-bond acceptors (Lipinski definition) is 4.